The molecule has 5 nitrogen and oxygen atoms in total. The number of carbonyl (C=O) groups excluding carboxylic acids is 1. The molecule has 1 heterocycles. The number of carboxylic acid groups (broad SMARTS) is 1. The van der Waals surface area contributed by atoms with E-state index in [2.05, 4.69) is 0 Å². The minimum atomic E-state index is -1.02. The molecule has 1 aromatic carbocycles. The topological polar surface area (TPSA) is 66.8 Å². The van der Waals surface area contributed by atoms with Crippen LogP contribution < -0.4 is 0 Å². The van der Waals surface area contributed by atoms with Crippen molar-refractivity contribution >= 4 is 23.5 Å². The fourth-order valence-electron chi connectivity index (χ4n) is 2.54. The number of benzene rings is 1. The molecule has 2 rings (SSSR count). The lowest BCUT2D eigenvalue weighted by Crippen LogP contribution is -2.51. The Morgan fingerprint density at radius 1 is 1.32 bits per heavy atom. The molecule has 0 bridgehead atoms. The number of halogens is 1. The average Bonchev–Trinajstić information content (AvgIpc) is 2.48. The Hall–Kier alpha value is -1.59. The summed E-state index contributed by atoms with van der Waals surface area (Å²) in [4.78, 5) is 24.8. The lowest BCUT2D eigenvalue weighted by atomic mass is 10.1. The molecule has 120 valence electrons. The average molecular weight is 326 g/mol. The zero-order chi connectivity index (χ0) is 16.1. The summed E-state index contributed by atoms with van der Waals surface area (Å²) in [6.07, 6.45) is 0.746. The maximum absolute atomic E-state index is 12.2. The van der Waals surface area contributed by atoms with E-state index in [0.717, 1.165) is 18.4 Å². The number of carbonyl (C=O) groups is 2. The smallest absolute Gasteiger partial charge is 0.334 e. The van der Waals surface area contributed by atoms with E-state index in [1.807, 2.05) is 24.3 Å². The number of hydrogen-bond donors (Lipinski definition) is 1. The highest BCUT2D eigenvalue weighted by atomic mass is 35.5. The van der Waals surface area contributed by atoms with Gasteiger partial charge in [-0.1, -0.05) is 23.7 Å². The van der Waals surface area contributed by atoms with Gasteiger partial charge in [0.25, 0.3) is 0 Å². The number of amides is 1. The van der Waals surface area contributed by atoms with Gasteiger partial charge in [0.05, 0.1) is 12.6 Å². The van der Waals surface area contributed by atoms with Gasteiger partial charge in [-0.25, -0.2) is 4.79 Å². The maximum Gasteiger partial charge on any atom is 0.334 e. The molecule has 6 heteroatoms. The molecule has 0 radical (unpaired) electrons. The Morgan fingerprint density at radius 2 is 2.00 bits per heavy atom. The van der Waals surface area contributed by atoms with Gasteiger partial charge in [-0.05, 0) is 37.5 Å². The molecular weight excluding hydrogens is 306 g/mol. The van der Waals surface area contributed by atoms with Crippen molar-refractivity contribution in [3.63, 3.8) is 0 Å². The molecule has 2 atom stereocenters. The monoisotopic (exact) mass is 325 g/mol. The Kier molecular flexibility index (Phi) is 5.80. The number of rotatable bonds is 5. The minimum Gasteiger partial charge on any atom is -0.479 e. The highest BCUT2D eigenvalue weighted by Crippen LogP contribution is 2.15. The van der Waals surface area contributed by atoms with Crippen LogP contribution in [0.1, 0.15) is 25.3 Å². The van der Waals surface area contributed by atoms with Crippen LogP contribution in [0.3, 0.4) is 0 Å². The van der Waals surface area contributed by atoms with Gasteiger partial charge in [-0.15, -0.1) is 0 Å². The standard InChI is InChI=1S/C16H20ClNO4/c1-11-9-18(10-14(22-11)16(20)21)15(19)4-2-3-12-5-7-13(17)8-6-12/h5-8,11,14H,2-4,9-10H2,1H3,(H,20,21)/t11-,14?/m1/s1. The quantitative estimate of drug-likeness (QED) is 0.902. The molecule has 1 N–H and O–H groups in total. The van der Waals surface area contributed by atoms with Gasteiger partial charge in [-0.3, -0.25) is 4.79 Å². The zero-order valence-electron chi connectivity index (χ0n) is 12.5. The number of carboxylic acids is 1. The Labute approximate surface area is 134 Å². The highest BCUT2D eigenvalue weighted by Gasteiger charge is 2.32. The molecular formula is C16H20ClNO4. The number of nitrogens with zero attached hydrogens (tertiary/aromatic N) is 1. The molecule has 1 aliphatic rings. The lowest BCUT2D eigenvalue weighted by molar-refractivity contribution is -0.166. The summed E-state index contributed by atoms with van der Waals surface area (Å²) < 4.78 is 5.31. The fourth-order valence-corrected chi connectivity index (χ4v) is 2.67. The molecule has 1 aromatic rings. The SMILES string of the molecule is C[C@@H]1CN(C(=O)CCCc2ccc(Cl)cc2)CC(C(=O)O)O1. The van der Waals surface area contributed by atoms with Gasteiger partial charge in [0.2, 0.25) is 5.91 Å². The molecule has 1 aliphatic heterocycles. The van der Waals surface area contributed by atoms with Crippen LogP contribution >= 0.6 is 11.6 Å². The number of hydrogen-bond acceptors (Lipinski definition) is 3. The van der Waals surface area contributed by atoms with Crippen molar-refractivity contribution < 1.29 is 19.4 Å². The third-order valence-corrected chi connectivity index (χ3v) is 3.91. The molecule has 1 saturated heterocycles. The molecule has 22 heavy (non-hydrogen) atoms. The number of aryl methyl sites for hydroxylation is 1. The van der Waals surface area contributed by atoms with Gasteiger partial charge in [0.15, 0.2) is 6.10 Å². The van der Waals surface area contributed by atoms with Crippen molar-refractivity contribution in [2.24, 2.45) is 0 Å². The van der Waals surface area contributed by atoms with Crippen molar-refractivity contribution in [2.45, 2.75) is 38.4 Å². The Morgan fingerprint density at radius 3 is 2.64 bits per heavy atom. The van der Waals surface area contributed by atoms with E-state index < -0.39 is 12.1 Å². The summed E-state index contributed by atoms with van der Waals surface area (Å²) in [5.74, 6) is -1.04. The van der Waals surface area contributed by atoms with Crippen molar-refractivity contribution in [1.29, 1.82) is 0 Å². The van der Waals surface area contributed by atoms with E-state index in [9.17, 15) is 9.59 Å². The Bertz CT molecular complexity index is 531. The maximum atomic E-state index is 12.2. The minimum absolute atomic E-state index is 0.0182. The third-order valence-electron chi connectivity index (χ3n) is 3.66. The fraction of sp³-hybridized carbons (Fsp3) is 0.500. The first-order chi connectivity index (χ1) is 10.5. The van der Waals surface area contributed by atoms with Crippen LogP contribution in [0, 0.1) is 0 Å². The summed E-state index contributed by atoms with van der Waals surface area (Å²) in [5, 5.41) is 9.73. The van der Waals surface area contributed by atoms with Crippen molar-refractivity contribution in [3.05, 3.63) is 34.9 Å². The van der Waals surface area contributed by atoms with E-state index in [4.69, 9.17) is 21.4 Å². The van der Waals surface area contributed by atoms with Crippen molar-refractivity contribution in [1.82, 2.24) is 4.90 Å². The zero-order valence-corrected chi connectivity index (χ0v) is 13.3. The summed E-state index contributed by atoms with van der Waals surface area (Å²) in [6, 6.07) is 7.56. The van der Waals surface area contributed by atoms with E-state index in [-0.39, 0.29) is 18.6 Å². The summed E-state index contributed by atoms with van der Waals surface area (Å²) in [5.41, 5.74) is 1.14. The second-order valence-corrected chi connectivity index (χ2v) is 5.99. The molecule has 1 unspecified atom stereocenters. The van der Waals surface area contributed by atoms with Gasteiger partial charge < -0.3 is 14.7 Å². The van der Waals surface area contributed by atoms with Crippen LogP contribution in [-0.2, 0) is 20.7 Å². The van der Waals surface area contributed by atoms with Crippen LogP contribution in [0.5, 0.6) is 0 Å². The van der Waals surface area contributed by atoms with E-state index >= 15 is 0 Å². The predicted octanol–water partition coefficient (Wildman–Crippen LogP) is 2.36. The first-order valence-corrected chi connectivity index (χ1v) is 7.74. The summed E-state index contributed by atoms with van der Waals surface area (Å²) in [6.45, 7) is 2.35. The Balaban J connectivity index is 1.81. The molecule has 1 amide bonds. The van der Waals surface area contributed by atoms with Crippen molar-refractivity contribution in [3.8, 4) is 0 Å². The predicted molar refractivity (Wildman–Crippen MR) is 82.9 cm³/mol. The van der Waals surface area contributed by atoms with Crippen LogP contribution in [0.15, 0.2) is 24.3 Å². The normalized spacial score (nSPS) is 21.6. The van der Waals surface area contributed by atoms with E-state index in [0.29, 0.717) is 18.0 Å². The number of ether oxygens (including phenoxy) is 1. The van der Waals surface area contributed by atoms with Crippen LogP contribution in [0.2, 0.25) is 5.02 Å². The summed E-state index contributed by atoms with van der Waals surface area (Å²) >= 11 is 5.83. The first-order valence-electron chi connectivity index (χ1n) is 7.36. The highest BCUT2D eigenvalue weighted by molar-refractivity contribution is 6.30. The molecule has 0 aromatic heterocycles. The lowest BCUT2D eigenvalue weighted by Gasteiger charge is -2.35. The largest absolute Gasteiger partial charge is 0.479 e. The van der Waals surface area contributed by atoms with Gasteiger partial charge in [0, 0.05) is 18.0 Å². The molecule has 0 saturated carbocycles. The van der Waals surface area contributed by atoms with Gasteiger partial charge in [0.1, 0.15) is 0 Å². The van der Waals surface area contributed by atoms with E-state index in [1.165, 1.54) is 0 Å². The molecule has 0 aliphatic carbocycles. The van der Waals surface area contributed by atoms with Gasteiger partial charge >= 0.3 is 5.97 Å². The van der Waals surface area contributed by atoms with Crippen LogP contribution in [0.4, 0.5) is 0 Å². The van der Waals surface area contributed by atoms with Crippen LogP contribution in [-0.4, -0.2) is 47.2 Å². The second kappa shape index (κ2) is 7.61. The van der Waals surface area contributed by atoms with Crippen molar-refractivity contribution in [2.75, 3.05) is 13.1 Å². The number of aliphatic carboxylic acids is 1. The van der Waals surface area contributed by atoms with E-state index in [1.54, 1.807) is 11.8 Å². The number of morpholine rings is 1. The summed E-state index contributed by atoms with van der Waals surface area (Å²) in [7, 11) is 0. The van der Waals surface area contributed by atoms with Crippen LogP contribution in [0.25, 0.3) is 0 Å². The molecule has 1 fully saturated rings. The molecule has 0 spiro atoms. The van der Waals surface area contributed by atoms with Gasteiger partial charge in [-0.2, -0.15) is 0 Å². The first kappa shape index (κ1) is 16.8. The second-order valence-electron chi connectivity index (χ2n) is 5.55. The third kappa shape index (κ3) is 4.71.